The van der Waals surface area contributed by atoms with E-state index in [0.717, 1.165) is 12.5 Å². The van der Waals surface area contributed by atoms with Crippen LogP contribution in [0.15, 0.2) is 54.6 Å². The molecule has 0 aromatic heterocycles. The minimum absolute atomic E-state index is 0.530. The van der Waals surface area contributed by atoms with Gasteiger partial charge in [0, 0.05) is 6.04 Å². The van der Waals surface area contributed by atoms with E-state index in [4.69, 9.17) is 0 Å². The zero-order chi connectivity index (χ0) is 14.5. The first-order valence-electron chi connectivity index (χ1n) is 8.27. The van der Waals surface area contributed by atoms with Gasteiger partial charge in [0.2, 0.25) is 0 Å². The van der Waals surface area contributed by atoms with Crippen LogP contribution in [0.5, 0.6) is 0 Å². The monoisotopic (exact) mass is 279 g/mol. The third-order valence-corrected chi connectivity index (χ3v) is 4.67. The highest BCUT2D eigenvalue weighted by molar-refractivity contribution is 5.63. The maximum Gasteiger partial charge on any atom is 0.0348 e. The van der Waals surface area contributed by atoms with Crippen molar-refractivity contribution in [3.8, 4) is 11.1 Å². The SMILES string of the molecule is CCNC(c1ccc(-c2ccccc2)cc1)C1CCCC1. The summed E-state index contributed by atoms with van der Waals surface area (Å²) in [4.78, 5) is 0. The van der Waals surface area contributed by atoms with Crippen molar-refractivity contribution in [2.45, 2.75) is 38.6 Å². The molecular formula is C20H25N. The second-order valence-corrected chi connectivity index (χ2v) is 6.07. The standard InChI is InChI=1S/C20H25N/c1-2-21-20(18-10-6-7-11-18)19-14-12-17(13-15-19)16-8-4-3-5-9-16/h3-5,8-9,12-15,18,20-21H,2,6-7,10-11H2,1H3. The van der Waals surface area contributed by atoms with E-state index in [0.29, 0.717) is 6.04 Å². The van der Waals surface area contributed by atoms with Crippen LogP contribution in [-0.2, 0) is 0 Å². The predicted molar refractivity (Wildman–Crippen MR) is 90.3 cm³/mol. The first-order chi connectivity index (χ1) is 10.4. The van der Waals surface area contributed by atoms with Crippen molar-refractivity contribution in [2.75, 3.05) is 6.54 Å². The normalized spacial score (nSPS) is 17.0. The Hall–Kier alpha value is -1.60. The Morgan fingerprint density at radius 2 is 1.52 bits per heavy atom. The molecule has 2 aromatic carbocycles. The van der Waals surface area contributed by atoms with Gasteiger partial charge < -0.3 is 5.32 Å². The summed E-state index contributed by atoms with van der Waals surface area (Å²) < 4.78 is 0. The minimum Gasteiger partial charge on any atom is -0.310 e. The fraction of sp³-hybridized carbons (Fsp3) is 0.400. The highest BCUT2D eigenvalue weighted by Gasteiger charge is 2.25. The summed E-state index contributed by atoms with van der Waals surface area (Å²) in [6, 6.07) is 20.3. The molecule has 3 rings (SSSR count). The van der Waals surface area contributed by atoms with Gasteiger partial charge in [0.1, 0.15) is 0 Å². The van der Waals surface area contributed by atoms with Crippen LogP contribution in [0.2, 0.25) is 0 Å². The van der Waals surface area contributed by atoms with Crippen molar-refractivity contribution in [1.29, 1.82) is 0 Å². The van der Waals surface area contributed by atoms with Crippen molar-refractivity contribution in [3.05, 3.63) is 60.2 Å². The molecule has 0 spiro atoms. The fourth-order valence-electron chi connectivity index (χ4n) is 3.58. The number of benzene rings is 2. The number of hydrogen-bond acceptors (Lipinski definition) is 1. The molecule has 0 radical (unpaired) electrons. The summed E-state index contributed by atoms with van der Waals surface area (Å²) >= 11 is 0. The molecule has 0 heterocycles. The molecule has 1 unspecified atom stereocenters. The molecule has 0 amide bonds. The molecule has 2 aromatic rings. The third-order valence-electron chi connectivity index (χ3n) is 4.67. The lowest BCUT2D eigenvalue weighted by atomic mass is 9.90. The largest absolute Gasteiger partial charge is 0.310 e. The minimum atomic E-state index is 0.530. The summed E-state index contributed by atoms with van der Waals surface area (Å²) in [5.41, 5.74) is 4.05. The maximum atomic E-state index is 3.70. The summed E-state index contributed by atoms with van der Waals surface area (Å²) in [6.45, 7) is 3.25. The smallest absolute Gasteiger partial charge is 0.0348 e. The van der Waals surface area contributed by atoms with E-state index in [1.165, 1.54) is 42.4 Å². The lowest BCUT2D eigenvalue weighted by molar-refractivity contribution is 0.374. The summed E-state index contributed by atoms with van der Waals surface area (Å²) in [6.07, 6.45) is 5.54. The summed E-state index contributed by atoms with van der Waals surface area (Å²) in [5, 5.41) is 3.70. The van der Waals surface area contributed by atoms with Crippen LogP contribution in [0.4, 0.5) is 0 Å². The van der Waals surface area contributed by atoms with Gasteiger partial charge in [0.05, 0.1) is 0 Å². The molecule has 0 saturated heterocycles. The second kappa shape index (κ2) is 6.91. The van der Waals surface area contributed by atoms with Crippen molar-refractivity contribution in [1.82, 2.24) is 5.32 Å². The molecule has 1 aliphatic rings. The molecule has 110 valence electrons. The lowest BCUT2D eigenvalue weighted by Crippen LogP contribution is -2.26. The molecule has 1 aliphatic carbocycles. The van der Waals surface area contributed by atoms with Crippen LogP contribution in [0.1, 0.15) is 44.2 Å². The Kier molecular flexibility index (Phi) is 4.72. The van der Waals surface area contributed by atoms with Gasteiger partial charge in [-0.2, -0.15) is 0 Å². The van der Waals surface area contributed by atoms with E-state index in [9.17, 15) is 0 Å². The van der Waals surface area contributed by atoms with Gasteiger partial charge >= 0.3 is 0 Å². The maximum absolute atomic E-state index is 3.70. The van der Waals surface area contributed by atoms with Crippen LogP contribution >= 0.6 is 0 Å². The van der Waals surface area contributed by atoms with Gasteiger partial charge in [-0.1, -0.05) is 74.4 Å². The van der Waals surface area contributed by atoms with E-state index in [1.54, 1.807) is 0 Å². The van der Waals surface area contributed by atoms with Gasteiger partial charge in [-0.25, -0.2) is 0 Å². The first-order valence-corrected chi connectivity index (χ1v) is 8.27. The Balaban J connectivity index is 1.81. The molecule has 1 N–H and O–H groups in total. The Morgan fingerprint density at radius 3 is 2.14 bits per heavy atom. The zero-order valence-corrected chi connectivity index (χ0v) is 12.9. The molecule has 1 nitrogen and oxygen atoms in total. The second-order valence-electron chi connectivity index (χ2n) is 6.07. The Morgan fingerprint density at radius 1 is 0.905 bits per heavy atom. The molecule has 1 saturated carbocycles. The lowest BCUT2D eigenvalue weighted by Gasteiger charge is -2.25. The van der Waals surface area contributed by atoms with E-state index >= 15 is 0 Å². The molecule has 1 atom stereocenters. The zero-order valence-electron chi connectivity index (χ0n) is 12.9. The highest BCUT2D eigenvalue weighted by atomic mass is 14.9. The van der Waals surface area contributed by atoms with E-state index < -0.39 is 0 Å². The Labute approximate surface area is 128 Å². The molecule has 0 aliphatic heterocycles. The van der Waals surface area contributed by atoms with Crippen LogP contribution in [0.25, 0.3) is 11.1 Å². The van der Waals surface area contributed by atoms with E-state index in [1.807, 2.05) is 0 Å². The van der Waals surface area contributed by atoms with Crippen LogP contribution in [0, 0.1) is 5.92 Å². The van der Waals surface area contributed by atoms with Crippen molar-refractivity contribution in [3.63, 3.8) is 0 Å². The van der Waals surface area contributed by atoms with Gasteiger partial charge in [-0.3, -0.25) is 0 Å². The van der Waals surface area contributed by atoms with Gasteiger partial charge in [0.25, 0.3) is 0 Å². The van der Waals surface area contributed by atoms with Gasteiger partial charge in [0.15, 0.2) is 0 Å². The molecule has 0 bridgehead atoms. The molecular weight excluding hydrogens is 254 g/mol. The quantitative estimate of drug-likeness (QED) is 0.793. The van der Waals surface area contributed by atoms with Crippen LogP contribution in [-0.4, -0.2) is 6.54 Å². The Bertz CT molecular complexity index is 538. The topological polar surface area (TPSA) is 12.0 Å². The van der Waals surface area contributed by atoms with Gasteiger partial charge in [-0.15, -0.1) is 0 Å². The van der Waals surface area contributed by atoms with Crippen molar-refractivity contribution < 1.29 is 0 Å². The van der Waals surface area contributed by atoms with Crippen molar-refractivity contribution >= 4 is 0 Å². The predicted octanol–water partition coefficient (Wildman–Crippen LogP) is 5.19. The third kappa shape index (κ3) is 3.36. The number of hydrogen-bond donors (Lipinski definition) is 1. The van der Waals surface area contributed by atoms with Crippen LogP contribution in [0.3, 0.4) is 0 Å². The van der Waals surface area contributed by atoms with Crippen LogP contribution < -0.4 is 5.32 Å². The average Bonchev–Trinajstić information content (AvgIpc) is 3.08. The molecule has 1 fully saturated rings. The van der Waals surface area contributed by atoms with Gasteiger partial charge in [-0.05, 0) is 42.0 Å². The highest BCUT2D eigenvalue weighted by Crippen LogP contribution is 2.36. The van der Waals surface area contributed by atoms with E-state index in [2.05, 4.69) is 66.8 Å². The number of rotatable bonds is 5. The molecule has 21 heavy (non-hydrogen) atoms. The summed E-state index contributed by atoms with van der Waals surface area (Å²) in [5.74, 6) is 0.813. The van der Waals surface area contributed by atoms with E-state index in [-0.39, 0.29) is 0 Å². The molecule has 1 heteroatoms. The van der Waals surface area contributed by atoms with Crippen molar-refractivity contribution in [2.24, 2.45) is 5.92 Å². The number of nitrogens with one attached hydrogen (secondary N) is 1. The first kappa shape index (κ1) is 14.3. The fourth-order valence-corrected chi connectivity index (χ4v) is 3.58. The average molecular weight is 279 g/mol. The summed E-state index contributed by atoms with van der Waals surface area (Å²) in [7, 11) is 0.